The van der Waals surface area contributed by atoms with Gasteiger partial charge in [0.25, 0.3) is 0 Å². The predicted octanol–water partition coefficient (Wildman–Crippen LogP) is 3.72. The Hall–Kier alpha value is -1.80. The van der Waals surface area contributed by atoms with E-state index in [-0.39, 0.29) is 10.9 Å². The summed E-state index contributed by atoms with van der Waals surface area (Å²) in [5.41, 5.74) is 1.81. The lowest BCUT2D eigenvalue weighted by molar-refractivity contribution is 0.588. The lowest BCUT2D eigenvalue weighted by Crippen LogP contribution is -2.38. The second kappa shape index (κ2) is 10.1. The van der Waals surface area contributed by atoms with E-state index >= 15 is 0 Å². The molecule has 9 heteroatoms. The van der Waals surface area contributed by atoms with Crippen LogP contribution in [-0.4, -0.2) is 28.0 Å². The number of hydrogen-bond acceptors (Lipinski definition) is 3. The summed E-state index contributed by atoms with van der Waals surface area (Å²) >= 11 is 12.2. The van der Waals surface area contributed by atoms with Crippen LogP contribution in [0.2, 0.25) is 10.0 Å². The third-order valence-electron chi connectivity index (χ3n) is 4.05. The van der Waals surface area contributed by atoms with Crippen molar-refractivity contribution >= 4 is 39.2 Å². The number of hydrogen-bond donors (Lipinski definition) is 3. The Labute approximate surface area is 176 Å². The number of rotatable bonds is 7. The summed E-state index contributed by atoms with van der Waals surface area (Å²) in [6.45, 7) is 5.07. The van der Waals surface area contributed by atoms with E-state index in [2.05, 4.69) is 20.3 Å². The van der Waals surface area contributed by atoms with Gasteiger partial charge in [0.05, 0.1) is 17.5 Å². The quantitative estimate of drug-likeness (QED) is 0.450. The Morgan fingerprint density at radius 2 is 1.82 bits per heavy atom. The summed E-state index contributed by atoms with van der Waals surface area (Å²) in [7, 11) is -2.06. The zero-order chi connectivity index (χ0) is 20.7. The molecule has 0 saturated heterocycles. The molecule has 0 radical (unpaired) electrons. The molecule has 0 aliphatic carbocycles. The Morgan fingerprint density at radius 3 is 2.39 bits per heavy atom. The first kappa shape index (κ1) is 22.5. The third kappa shape index (κ3) is 6.10. The van der Waals surface area contributed by atoms with E-state index in [0.29, 0.717) is 29.1 Å². The first-order valence-electron chi connectivity index (χ1n) is 8.79. The number of nitrogens with zero attached hydrogens (tertiary/aromatic N) is 1. The minimum absolute atomic E-state index is 0.0780. The molecular weight excluding hydrogens is 419 g/mol. The highest BCUT2D eigenvalue weighted by molar-refractivity contribution is 7.89. The van der Waals surface area contributed by atoms with E-state index in [9.17, 15) is 8.42 Å². The average molecular weight is 443 g/mol. The molecule has 0 amide bonds. The van der Waals surface area contributed by atoms with Crippen LogP contribution in [0.25, 0.3) is 0 Å². The van der Waals surface area contributed by atoms with Crippen LogP contribution in [0.15, 0.2) is 52.4 Å². The van der Waals surface area contributed by atoms with Crippen molar-refractivity contribution in [2.45, 2.75) is 31.3 Å². The largest absolute Gasteiger partial charge is 0.357 e. The molecule has 0 fully saturated rings. The summed E-state index contributed by atoms with van der Waals surface area (Å²) in [4.78, 5) is 4.79. The molecular formula is C19H24Cl2N4O2S. The molecule has 2 aromatic carbocycles. The van der Waals surface area contributed by atoms with Gasteiger partial charge in [-0.15, -0.1) is 0 Å². The first-order chi connectivity index (χ1) is 13.3. The van der Waals surface area contributed by atoms with Crippen LogP contribution in [0, 0.1) is 0 Å². The standard InChI is InChI=1S/C19H24Cl2N4O2S/c1-4-23-19(25-13(2)17-10-7-15(20)11-18(17)21)24-12-14-5-8-16(9-6-14)28(26,27)22-3/h5-11,13,22H,4,12H2,1-3H3,(H2,23,24,25). The molecule has 3 N–H and O–H groups in total. The van der Waals surface area contributed by atoms with Crippen LogP contribution in [0.4, 0.5) is 0 Å². The van der Waals surface area contributed by atoms with Crippen molar-refractivity contribution in [3.8, 4) is 0 Å². The monoisotopic (exact) mass is 442 g/mol. The zero-order valence-corrected chi connectivity index (χ0v) is 18.3. The maximum atomic E-state index is 11.8. The van der Waals surface area contributed by atoms with Gasteiger partial charge >= 0.3 is 0 Å². The molecule has 0 bridgehead atoms. The maximum absolute atomic E-state index is 11.8. The van der Waals surface area contributed by atoms with E-state index in [1.807, 2.05) is 19.9 Å². The molecule has 2 rings (SSSR count). The van der Waals surface area contributed by atoms with Gasteiger partial charge in [-0.25, -0.2) is 18.1 Å². The Morgan fingerprint density at radius 1 is 1.14 bits per heavy atom. The summed E-state index contributed by atoms with van der Waals surface area (Å²) < 4.78 is 25.9. The van der Waals surface area contributed by atoms with Crippen molar-refractivity contribution < 1.29 is 8.42 Å². The molecule has 152 valence electrons. The van der Waals surface area contributed by atoms with Crippen LogP contribution >= 0.6 is 23.2 Å². The Balaban J connectivity index is 2.11. The SMILES string of the molecule is CCNC(=NCc1ccc(S(=O)(=O)NC)cc1)NC(C)c1ccc(Cl)cc1Cl. The van der Waals surface area contributed by atoms with Gasteiger partial charge < -0.3 is 10.6 Å². The van der Waals surface area contributed by atoms with Crippen LogP contribution in [0.1, 0.15) is 31.0 Å². The fourth-order valence-corrected chi connectivity index (χ4v) is 3.82. The number of aliphatic imine (C=N–C) groups is 1. The van der Waals surface area contributed by atoms with Crippen LogP contribution in [0.5, 0.6) is 0 Å². The van der Waals surface area contributed by atoms with E-state index in [1.54, 1.807) is 36.4 Å². The van der Waals surface area contributed by atoms with E-state index < -0.39 is 10.0 Å². The van der Waals surface area contributed by atoms with Gasteiger partial charge in [0.15, 0.2) is 5.96 Å². The second-order valence-corrected chi connectivity index (χ2v) is 8.81. The van der Waals surface area contributed by atoms with Crippen LogP contribution in [-0.2, 0) is 16.6 Å². The molecule has 0 aliphatic heterocycles. The first-order valence-corrected chi connectivity index (χ1v) is 11.0. The predicted molar refractivity (Wildman–Crippen MR) is 116 cm³/mol. The average Bonchev–Trinajstić information content (AvgIpc) is 2.66. The number of guanidine groups is 1. The van der Waals surface area contributed by atoms with Gasteiger partial charge in [0.1, 0.15) is 0 Å². The van der Waals surface area contributed by atoms with Crippen molar-refractivity contribution in [2.24, 2.45) is 4.99 Å². The van der Waals surface area contributed by atoms with Gasteiger partial charge in [0.2, 0.25) is 10.0 Å². The zero-order valence-electron chi connectivity index (χ0n) is 16.0. The Bertz CT molecular complexity index is 931. The second-order valence-electron chi connectivity index (χ2n) is 6.08. The smallest absolute Gasteiger partial charge is 0.240 e. The number of halogens is 2. The minimum Gasteiger partial charge on any atom is -0.357 e. The molecule has 1 atom stereocenters. The molecule has 28 heavy (non-hydrogen) atoms. The molecule has 0 spiro atoms. The summed E-state index contributed by atoms with van der Waals surface area (Å²) in [6.07, 6.45) is 0. The molecule has 0 heterocycles. The van der Waals surface area contributed by atoms with Crippen LogP contribution in [0.3, 0.4) is 0 Å². The van der Waals surface area contributed by atoms with Crippen molar-refractivity contribution in [1.82, 2.24) is 15.4 Å². The topological polar surface area (TPSA) is 82.6 Å². The molecule has 6 nitrogen and oxygen atoms in total. The van der Waals surface area contributed by atoms with Gasteiger partial charge in [-0.2, -0.15) is 0 Å². The van der Waals surface area contributed by atoms with Crippen LogP contribution < -0.4 is 15.4 Å². The van der Waals surface area contributed by atoms with E-state index in [4.69, 9.17) is 23.2 Å². The van der Waals surface area contributed by atoms with E-state index in [0.717, 1.165) is 11.1 Å². The van der Waals surface area contributed by atoms with Crippen molar-refractivity contribution in [3.63, 3.8) is 0 Å². The highest BCUT2D eigenvalue weighted by Crippen LogP contribution is 2.26. The third-order valence-corrected chi connectivity index (χ3v) is 6.04. The summed E-state index contributed by atoms with van der Waals surface area (Å²) in [6, 6.07) is 11.9. The molecule has 0 aromatic heterocycles. The van der Waals surface area contributed by atoms with Gasteiger partial charge in [-0.05, 0) is 56.3 Å². The molecule has 1 unspecified atom stereocenters. The molecule has 0 aliphatic rings. The number of sulfonamides is 1. The van der Waals surface area contributed by atoms with Crippen molar-refractivity contribution in [3.05, 3.63) is 63.6 Å². The highest BCUT2D eigenvalue weighted by atomic mass is 35.5. The lowest BCUT2D eigenvalue weighted by atomic mass is 10.1. The van der Waals surface area contributed by atoms with Gasteiger partial charge in [0, 0.05) is 16.6 Å². The summed E-state index contributed by atoms with van der Waals surface area (Å²) in [5, 5.41) is 7.68. The van der Waals surface area contributed by atoms with Gasteiger partial charge in [-0.1, -0.05) is 41.4 Å². The molecule has 2 aromatic rings. The minimum atomic E-state index is -3.44. The number of nitrogens with one attached hydrogen (secondary N) is 3. The fraction of sp³-hybridized carbons (Fsp3) is 0.316. The van der Waals surface area contributed by atoms with Crippen molar-refractivity contribution in [2.75, 3.05) is 13.6 Å². The number of benzene rings is 2. The normalized spacial score (nSPS) is 13.2. The fourth-order valence-electron chi connectivity index (χ4n) is 2.52. The lowest BCUT2D eigenvalue weighted by Gasteiger charge is -2.19. The highest BCUT2D eigenvalue weighted by Gasteiger charge is 2.12. The van der Waals surface area contributed by atoms with Crippen molar-refractivity contribution in [1.29, 1.82) is 0 Å². The van der Waals surface area contributed by atoms with Gasteiger partial charge in [-0.3, -0.25) is 0 Å². The summed E-state index contributed by atoms with van der Waals surface area (Å²) in [5.74, 6) is 0.632. The maximum Gasteiger partial charge on any atom is 0.240 e. The molecule has 0 saturated carbocycles. The van der Waals surface area contributed by atoms with E-state index in [1.165, 1.54) is 7.05 Å². The Kier molecular flexibility index (Phi) is 8.12.